The summed E-state index contributed by atoms with van der Waals surface area (Å²) in [6.07, 6.45) is 0. The summed E-state index contributed by atoms with van der Waals surface area (Å²) < 4.78 is 27.4. The van der Waals surface area contributed by atoms with E-state index in [1.807, 2.05) is 27.7 Å². The van der Waals surface area contributed by atoms with Crippen molar-refractivity contribution >= 4 is 37.3 Å². The van der Waals surface area contributed by atoms with Gasteiger partial charge in [0.1, 0.15) is 4.21 Å². The topological polar surface area (TPSA) is 37.4 Å². The molecule has 0 aliphatic carbocycles. The molecule has 3 nitrogen and oxygen atoms in total. The van der Waals surface area contributed by atoms with Crippen LogP contribution in [-0.4, -0.2) is 25.8 Å². The molecule has 0 saturated carbocycles. The Morgan fingerprint density at radius 2 is 1.88 bits per heavy atom. The van der Waals surface area contributed by atoms with E-state index in [9.17, 15) is 8.42 Å². The predicted molar refractivity (Wildman–Crippen MR) is 76.0 cm³/mol. The lowest BCUT2D eigenvalue weighted by Crippen LogP contribution is -2.37. The van der Waals surface area contributed by atoms with Crippen molar-refractivity contribution in [2.75, 3.05) is 7.05 Å². The van der Waals surface area contributed by atoms with Crippen molar-refractivity contribution < 1.29 is 8.42 Å². The van der Waals surface area contributed by atoms with Crippen molar-refractivity contribution in [2.45, 2.75) is 37.9 Å². The Morgan fingerprint density at radius 1 is 1.35 bits per heavy atom. The van der Waals surface area contributed by atoms with Gasteiger partial charge in [0.25, 0.3) is 10.0 Å². The second kappa shape index (κ2) is 5.38. The van der Waals surface area contributed by atoms with Crippen LogP contribution in [0.4, 0.5) is 0 Å². The molecule has 6 heteroatoms. The van der Waals surface area contributed by atoms with E-state index in [-0.39, 0.29) is 6.04 Å². The first kappa shape index (κ1) is 15.1. The SMILES string of the molecule is Cc1cc(S(=O)(=O)N(C)C(C)C(C)C)sc1Br. The summed E-state index contributed by atoms with van der Waals surface area (Å²) in [6, 6.07) is 1.70. The van der Waals surface area contributed by atoms with Gasteiger partial charge in [-0.15, -0.1) is 11.3 Å². The normalized spacial score (nSPS) is 14.6. The van der Waals surface area contributed by atoms with E-state index in [2.05, 4.69) is 15.9 Å². The fourth-order valence-corrected chi connectivity index (χ4v) is 5.25. The van der Waals surface area contributed by atoms with Gasteiger partial charge in [0.05, 0.1) is 3.79 Å². The summed E-state index contributed by atoms with van der Waals surface area (Å²) in [5.74, 6) is 0.291. The highest BCUT2D eigenvalue weighted by atomic mass is 79.9. The van der Waals surface area contributed by atoms with Gasteiger partial charge >= 0.3 is 0 Å². The van der Waals surface area contributed by atoms with Crippen LogP contribution in [0.2, 0.25) is 0 Å². The maximum Gasteiger partial charge on any atom is 0.252 e. The van der Waals surface area contributed by atoms with E-state index in [1.54, 1.807) is 13.1 Å². The molecule has 0 aromatic carbocycles. The van der Waals surface area contributed by atoms with Crippen LogP contribution in [0, 0.1) is 12.8 Å². The number of nitrogens with zero attached hydrogens (tertiary/aromatic N) is 1. The van der Waals surface area contributed by atoms with Crippen LogP contribution in [0.3, 0.4) is 0 Å². The van der Waals surface area contributed by atoms with Gasteiger partial charge in [-0.3, -0.25) is 0 Å². The van der Waals surface area contributed by atoms with Crippen LogP contribution in [0.5, 0.6) is 0 Å². The summed E-state index contributed by atoms with van der Waals surface area (Å²) in [7, 11) is -1.72. The van der Waals surface area contributed by atoms with E-state index >= 15 is 0 Å². The number of aryl methyl sites for hydroxylation is 1. The number of sulfonamides is 1. The molecule has 1 aromatic rings. The Labute approximate surface area is 116 Å². The summed E-state index contributed by atoms with van der Waals surface area (Å²) in [6.45, 7) is 7.86. The second-order valence-corrected chi connectivity index (χ2v) is 9.12. The molecular weight excluding hydrogens is 322 g/mol. The van der Waals surface area contributed by atoms with Crippen molar-refractivity contribution in [2.24, 2.45) is 5.92 Å². The van der Waals surface area contributed by atoms with Crippen LogP contribution in [0.1, 0.15) is 26.3 Å². The largest absolute Gasteiger partial charge is 0.252 e. The van der Waals surface area contributed by atoms with Gasteiger partial charge in [-0.2, -0.15) is 4.31 Å². The zero-order valence-corrected chi connectivity index (χ0v) is 13.9. The van der Waals surface area contributed by atoms with E-state index in [4.69, 9.17) is 0 Å². The third-order valence-electron chi connectivity index (χ3n) is 3.01. The molecule has 0 aliphatic rings. The lowest BCUT2D eigenvalue weighted by atomic mass is 10.1. The highest BCUT2D eigenvalue weighted by Crippen LogP contribution is 2.32. The van der Waals surface area contributed by atoms with Gasteiger partial charge in [-0.1, -0.05) is 13.8 Å². The smallest absolute Gasteiger partial charge is 0.206 e. The third-order valence-corrected chi connectivity index (χ3v) is 7.54. The van der Waals surface area contributed by atoms with Crippen LogP contribution in [-0.2, 0) is 10.0 Å². The zero-order valence-electron chi connectivity index (χ0n) is 10.7. The van der Waals surface area contributed by atoms with Gasteiger partial charge in [0.15, 0.2) is 0 Å². The molecule has 0 bridgehead atoms. The molecule has 17 heavy (non-hydrogen) atoms. The summed E-state index contributed by atoms with van der Waals surface area (Å²) in [5.41, 5.74) is 0.958. The first-order valence-electron chi connectivity index (χ1n) is 5.42. The molecule has 0 fully saturated rings. The van der Waals surface area contributed by atoms with E-state index in [0.29, 0.717) is 10.1 Å². The van der Waals surface area contributed by atoms with Gasteiger partial charge in [-0.05, 0) is 47.3 Å². The minimum absolute atomic E-state index is 0.0128. The number of rotatable bonds is 4. The molecule has 1 aromatic heterocycles. The molecular formula is C11H18BrNO2S2. The Morgan fingerprint density at radius 3 is 2.24 bits per heavy atom. The quantitative estimate of drug-likeness (QED) is 0.841. The summed E-state index contributed by atoms with van der Waals surface area (Å²) in [4.78, 5) is 0. The molecule has 0 spiro atoms. The average molecular weight is 340 g/mol. The summed E-state index contributed by atoms with van der Waals surface area (Å²) in [5, 5.41) is 0. The minimum atomic E-state index is -3.36. The Balaban J connectivity index is 3.11. The maximum atomic E-state index is 12.4. The van der Waals surface area contributed by atoms with Gasteiger partial charge in [0.2, 0.25) is 0 Å². The monoisotopic (exact) mass is 339 g/mol. The van der Waals surface area contributed by atoms with Gasteiger partial charge in [-0.25, -0.2) is 8.42 Å². The van der Waals surface area contributed by atoms with Crippen molar-refractivity contribution in [1.82, 2.24) is 4.31 Å². The minimum Gasteiger partial charge on any atom is -0.206 e. The van der Waals surface area contributed by atoms with Crippen LogP contribution < -0.4 is 0 Å². The Kier molecular flexibility index (Phi) is 4.80. The standard InChI is InChI=1S/C11H18BrNO2S2/c1-7(2)9(4)13(5)17(14,15)10-6-8(3)11(12)16-10/h6-7,9H,1-5H3. The average Bonchev–Trinajstić information content (AvgIpc) is 2.57. The maximum absolute atomic E-state index is 12.4. The van der Waals surface area contributed by atoms with Gasteiger partial charge < -0.3 is 0 Å². The molecule has 0 saturated heterocycles. The fraction of sp³-hybridized carbons (Fsp3) is 0.636. The Bertz CT molecular complexity index is 474. The van der Waals surface area contributed by atoms with Crippen molar-refractivity contribution in [3.8, 4) is 0 Å². The van der Waals surface area contributed by atoms with Crippen molar-refractivity contribution in [3.63, 3.8) is 0 Å². The Hall–Kier alpha value is 0.0900. The van der Waals surface area contributed by atoms with Gasteiger partial charge in [0, 0.05) is 13.1 Å². The van der Waals surface area contributed by atoms with Crippen LogP contribution >= 0.6 is 27.3 Å². The molecule has 0 aliphatic heterocycles. The molecule has 1 heterocycles. The first-order chi connectivity index (χ1) is 7.67. The van der Waals surface area contributed by atoms with E-state index < -0.39 is 10.0 Å². The van der Waals surface area contributed by atoms with Crippen molar-refractivity contribution in [1.29, 1.82) is 0 Å². The molecule has 0 amide bonds. The molecule has 0 radical (unpaired) electrons. The highest BCUT2D eigenvalue weighted by molar-refractivity contribution is 9.11. The van der Waals surface area contributed by atoms with E-state index in [0.717, 1.165) is 9.35 Å². The first-order valence-corrected chi connectivity index (χ1v) is 8.46. The lowest BCUT2D eigenvalue weighted by Gasteiger charge is -2.26. The number of halogens is 1. The zero-order chi connectivity index (χ0) is 13.4. The second-order valence-electron chi connectivity index (χ2n) is 4.53. The molecule has 98 valence electrons. The number of hydrogen-bond acceptors (Lipinski definition) is 3. The van der Waals surface area contributed by atoms with Crippen LogP contribution in [0.15, 0.2) is 14.1 Å². The molecule has 1 rings (SSSR count). The molecule has 1 unspecified atom stereocenters. The fourth-order valence-electron chi connectivity index (χ4n) is 1.34. The highest BCUT2D eigenvalue weighted by Gasteiger charge is 2.28. The number of hydrogen-bond donors (Lipinski definition) is 0. The summed E-state index contributed by atoms with van der Waals surface area (Å²) >= 11 is 4.62. The number of thiophene rings is 1. The predicted octanol–water partition coefficient (Wildman–Crippen LogP) is 3.48. The van der Waals surface area contributed by atoms with E-state index in [1.165, 1.54) is 15.6 Å². The van der Waals surface area contributed by atoms with Crippen LogP contribution in [0.25, 0.3) is 0 Å². The lowest BCUT2D eigenvalue weighted by molar-refractivity contribution is 0.316. The van der Waals surface area contributed by atoms with Crippen molar-refractivity contribution in [3.05, 3.63) is 15.4 Å². The third kappa shape index (κ3) is 3.10. The molecule has 1 atom stereocenters. The molecule has 0 N–H and O–H groups in total.